The van der Waals surface area contributed by atoms with E-state index in [9.17, 15) is 4.79 Å². The molecule has 0 fully saturated rings. The van der Waals surface area contributed by atoms with E-state index in [1.165, 1.54) is 6.21 Å². The Kier molecular flexibility index (Phi) is 7.85. The van der Waals surface area contributed by atoms with Crippen LogP contribution in [0.4, 0.5) is 0 Å². The minimum atomic E-state index is -0.394. The van der Waals surface area contributed by atoms with Crippen molar-refractivity contribution in [3.63, 3.8) is 0 Å². The van der Waals surface area contributed by atoms with Crippen LogP contribution in [0.15, 0.2) is 53.6 Å². The summed E-state index contributed by atoms with van der Waals surface area (Å²) in [4.78, 5) is 12.4. The standard InChI is InChI=1S/C24H28N4O4/c1-16(2)11-12-32-19-8-6-18(7-9-19)20-14-21(27-26-20)24(29)28-25-15-17-5-10-22(30-3)23(13-17)31-4/h5-10,13-16H,11-12H2,1-4H3,(H,26,27)(H,28,29)/b25-15-. The molecule has 0 spiro atoms. The number of hydrazone groups is 1. The second-order valence-corrected chi connectivity index (χ2v) is 7.54. The molecule has 2 aromatic carbocycles. The molecule has 0 saturated carbocycles. The molecule has 0 atom stereocenters. The van der Waals surface area contributed by atoms with Crippen LogP contribution in [0, 0.1) is 5.92 Å². The maximum atomic E-state index is 12.4. The van der Waals surface area contributed by atoms with Gasteiger partial charge in [0.05, 0.1) is 32.7 Å². The number of carbonyl (C=O) groups excluding carboxylic acids is 1. The number of hydrogen-bond donors (Lipinski definition) is 2. The van der Waals surface area contributed by atoms with Crippen molar-refractivity contribution in [1.82, 2.24) is 15.6 Å². The molecule has 1 amide bonds. The number of carbonyl (C=O) groups is 1. The number of H-pyrrole nitrogens is 1. The van der Waals surface area contributed by atoms with Gasteiger partial charge in [-0.1, -0.05) is 13.8 Å². The van der Waals surface area contributed by atoms with Crippen molar-refractivity contribution in [1.29, 1.82) is 0 Å². The Morgan fingerprint density at radius 3 is 2.53 bits per heavy atom. The zero-order chi connectivity index (χ0) is 22.9. The van der Waals surface area contributed by atoms with Crippen molar-refractivity contribution in [3.05, 3.63) is 59.8 Å². The minimum absolute atomic E-state index is 0.307. The van der Waals surface area contributed by atoms with Crippen LogP contribution in [-0.2, 0) is 0 Å². The molecule has 0 radical (unpaired) electrons. The summed E-state index contributed by atoms with van der Waals surface area (Å²) < 4.78 is 16.2. The molecular formula is C24H28N4O4. The van der Waals surface area contributed by atoms with Crippen LogP contribution >= 0.6 is 0 Å². The first kappa shape index (κ1) is 22.9. The Hall–Kier alpha value is -3.81. The highest BCUT2D eigenvalue weighted by Gasteiger charge is 2.11. The Bertz CT molecular complexity index is 1060. The normalized spacial score (nSPS) is 11.0. The summed E-state index contributed by atoms with van der Waals surface area (Å²) >= 11 is 0. The first-order valence-electron chi connectivity index (χ1n) is 10.3. The lowest BCUT2D eigenvalue weighted by Crippen LogP contribution is -2.18. The molecule has 3 rings (SSSR count). The van der Waals surface area contributed by atoms with Crippen LogP contribution in [0.1, 0.15) is 36.3 Å². The molecule has 1 aromatic heterocycles. The molecule has 0 unspecified atom stereocenters. The summed E-state index contributed by atoms with van der Waals surface area (Å²) in [6.45, 7) is 5.02. The Balaban J connectivity index is 1.58. The molecule has 8 nitrogen and oxygen atoms in total. The fourth-order valence-electron chi connectivity index (χ4n) is 2.88. The summed E-state index contributed by atoms with van der Waals surface area (Å²) in [5.74, 6) is 2.22. The van der Waals surface area contributed by atoms with Gasteiger partial charge in [0.1, 0.15) is 11.4 Å². The third-order valence-corrected chi connectivity index (χ3v) is 4.72. The van der Waals surface area contributed by atoms with Gasteiger partial charge in [0, 0.05) is 5.56 Å². The van der Waals surface area contributed by atoms with Crippen LogP contribution in [0.3, 0.4) is 0 Å². The van der Waals surface area contributed by atoms with Crippen LogP contribution in [0.5, 0.6) is 17.2 Å². The van der Waals surface area contributed by atoms with Crippen molar-refractivity contribution >= 4 is 12.1 Å². The molecular weight excluding hydrogens is 408 g/mol. The van der Waals surface area contributed by atoms with Crippen LogP contribution in [0.2, 0.25) is 0 Å². The summed E-state index contributed by atoms with van der Waals surface area (Å²) in [5.41, 5.74) is 5.09. The van der Waals surface area contributed by atoms with Crippen LogP contribution < -0.4 is 19.6 Å². The molecule has 168 valence electrons. The van der Waals surface area contributed by atoms with Crippen LogP contribution in [-0.4, -0.2) is 43.1 Å². The number of hydrogen-bond acceptors (Lipinski definition) is 6. The van der Waals surface area contributed by atoms with E-state index >= 15 is 0 Å². The predicted molar refractivity (Wildman–Crippen MR) is 124 cm³/mol. The smallest absolute Gasteiger partial charge is 0.289 e. The van der Waals surface area contributed by atoms with Gasteiger partial charge in [0.15, 0.2) is 11.5 Å². The highest BCUT2D eigenvalue weighted by Crippen LogP contribution is 2.27. The lowest BCUT2D eigenvalue weighted by molar-refractivity contribution is 0.0950. The highest BCUT2D eigenvalue weighted by molar-refractivity contribution is 5.94. The number of aromatic nitrogens is 2. The molecule has 8 heteroatoms. The van der Waals surface area contributed by atoms with E-state index < -0.39 is 5.91 Å². The fraction of sp³-hybridized carbons (Fsp3) is 0.292. The molecule has 2 N–H and O–H groups in total. The van der Waals surface area contributed by atoms with Gasteiger partial charge in [-0.15, -0.1) is 0 Å². The predicted octanol–water partition coefficient (Wildman–Crippen LogP) is 4.28. The monoisotopic (exact) mass is 436 g/mol. The third-order valence-electron chi connectivity index (χ3n) is 4.72. The van der Waals surface area contributed by atoms with Crippen molar-refractivity contribution in [3.8, 4) is 28.5 Å². The van der Waals surface area contributed by atoms with E-state index in [2.05, 4.69) is 34.6 Å². The van der Waals surface area contributed by atoms with Gasteiger partial charge in [-0.05, 0) is 66.4 Å². The first-order valence-corrected chi connectivity index (χ1v) is 10.3. The summed E-state index contributed by atoms with van der Waals surface area (Å²) in [6, 6.07) is 14.6. The average molecular weight is 437 g/mol. The summed E-state index contributed by atoms with van der Waals surface area (Å²) in [6.07, 6.45) is 2.53. The number of nitrogens with zero attached hydrogens (tertiary/aromatic N) is 2. The van der Waals surface area contributed by atoms with Gasteiger partial charge in [0.25, 0.3) is 5.91 Å². The van der Waals surface area contributed by atoms with E-state index in [1.807, 2.05) is 30.3 Å². The number of methoxy groups -OCH3 is 2. The van der Waals surface area contributed by atoms with Crippen LogP contribution in [0.25, 0.3) is 11.3 Å². The van der Waals surface area contributed by atoms with Crippen molar-refractivity contribution in [2.75, 3.05) is 20.8 Å². The van der Waals surface area contributed by atoms with E-state index in [-0.39, 0.29) is 0 Å². The zero-order valence-electron chi connectivity index (χ0n) is 18.7. The van der Waals surface area contributed by atoms with Crippen molar-refractivity contribution < 1.29 is 19.0 Å². The van der Waals surface area contributed by atoms with E-state index in [4.69, 9.17) is 14.2 Å². The highest BCUT2D eigenvalue weighted by atomic mass is 16.5. The topological polar surface area (TPSA) is 97.8 Å². The molecule has 3 aromatic rings. The quantitative estimate of drug-likeness (QED) is 0.365. The minimum Gasteiger partial charge on any atom is -0.494 e. The maximum absolute atomic E-state index is 12.4. The van der Waals surface area contributed by atoms with Gasteiger partial charge in [-0.2, -0.15) is 10.2 Å². The number of ether oxygens (including phenoxy) is 3. The zero-order valence-corrected chi connectivity index (χ0v) is 18.7. The Morgan fingerprint density at radius 1 is 1.09 bits per heavy atom. The molecule has 0 aliphatic heterocycles. The second-order valence-electron chi connectivity index (χ2n) is 7.54. The average Bonchev–Trinajstić information content (AvgIpc) is 3.29. The number of nitrogens with one attached hydrogen (secondary N) is 2. The SMILES string of the molecule is COc1ccc(/C=N\NC(=O)c2cc(-c3ccc(OCCC(C)C)cc3)n[nH]2)cc1OC. The van der Waals surface area contributed by atoms with Gasteiger partial charge in [-0.25, -0.2) is 5.43 Å². The van der Waals surface area contributed by atoms with Crippen molar-refractivity contribution in [2.24, 2.45) is 11.0 Å². The van der Waals surface area contributed by atoms with Gasteiger partial charge in [-0.3, -0.25) is 9.89 Å². The lowest BCUT2D eigenvalue weighted by Gasteiger charge is -2.08. The third kappa shape index (κ3) is 6.10. The summed E-state index contributed by atoms with van der Waals surface area (Å²) in [5, 5.41) is 11.0. The second kappa shape index (κ2) is 11.0. The lowest BCUT2D eigenvalue weighted by atomic mass is 10.1. The Labute approximate surface area is 187 Å². The number of rotatable bonds is 10. The molecule has 1 heterocycles. The fourth-order valence-corrected chi connectivity index (χ4v) is 2.88. The molecule has 0 aliphatic carbocycles. The van der Waals surface area contributed by atoms with E-state index in [0.717, 1.165) is 23.3 Å². The van der Waals surface area contributed by atoms with E-state index in [1.54, 1.807) is 32.4 Å². The number of aromatic amines is 1. The molecule has 0 aliphatic rings. The van der Waals surface area contributed by atoms with Gasteiger partial charge >= 0.3 is 0 Å². The largest absolute Gasteiger partial charge is 0.494 e. The first-order chi connectivity index (χ1) is 15.5. The van der Waals surface area contributed by atoms with Gasteiger partial charge in [0.2, 0.25) is 0 Å². The molecule has 0 saturated heterocycles. The molecule has 0 bridgehead atoms. The number of benzene rings is 2. The molecule has 32 heavy (non-hydrogen) atoms. The number of amides is 1. The van der Waals surface area contributed by atoms with Crippen molar-refractivity contribution in [2.45, 2.75) is 20.3 Å². The summed E-state index contributed by atoms with van der Waals surface area (Å²) in [7, 11) is 3.13. The van der Waals surface area contributed by atoms with E-state index in [0.29, 0.717) is 35.4 Å². The Morgan fingerprint density at radius 2 is 1.84 bits per heavy atom. The maximum Gasteiger partial charge on any atom is 0.289 e. The van der Waals surface area contributed by atoms with Gasteiger partial charge < -0.3 is 14.2 Å².